The number of ether oxygens (including phenoxy) is 1. The molecule has 1 amide bonds. The van der Waals surface area contributed by atoms with Crippen molar-refractivity contribution < 1.29 is 19.7 Å². The fourth-order valence-corrected chi connectivity index (χ4v) is 4.11. The molecule has 0 radical (unpaired) electrons. The first-order valence-corrected chi connectivity index (χ1v) is 12.0. The summed E-state index contributed by atoms with van der Waals surface area (Å²) in [6, 6.07) is 18.8. The van der Waals surface area contributed by atoms with E-state index in [1.807, 2.05) is 30.3 Å². The third-order valence-corrected chi connectivity index (χ3v) is 6.05. The van der Waals surface area contributed by atoms with Gasteiger partial charge in [0, 0.05) is 37.9 Å². The van der Waals surface area contributed by atoms with Gasteiger partial charge in [0.15, 0.2) is 11.5 Å². The van der Waals surface area contributed by atoms with Gasteiger partial charge in [-0.15, -0.1) is 0 Å². The number of aromatic hydroxyl groups is 2. The first kappa shape index (κ1) is 25.3. The quantitative estimate of drug-likeness (QED) is 0.268. The highest BCUT2D eigenvalue weighted by atomic mass is 16.5. The van der Waals surface area contributed by atoms with E-state index in [1.165, 1.54) is 29.1 Å². The van der Waals surface area contributed by atoms with Crippen LogP contribution in [0.25, 0.3) is 10.9 Å². The molecule has 2 aromatic carbocycles. The number of phenols is 2. The lowest BCUT2D eigenvalue weighted by Gasteiger charge is -2.18. The number of carbonyl (C=O) groups excluding carboxylic acids is 1. The first-order valence-electron chi connectivity index (χ1n) is 12.0. The van der Waals surface area contributed by atoms with Crippen LogP contribution < -0.4 is 20.5 Å². The van der Waals surface area contributed by atoms with Gasteiger partial charge in [-0.25, -0.2) is 4.98 Å². The van der Waals surface area contributed by atoms with Crippen molar-refractivity contribution >= 4 is 28.3 Å². The Kier molecular flexibility index (Phi) is 6.83. The van der Waals surface area contributed by atoms with Crippen LogP contribution >= 0.6 is 0 Å². The van der Waals surface area contributed by atoms with E-state index in [0.29, 0.717) is 34.6 Å². The smallest absolute Gasteiger partial charge is 0.265 e. The largest absolute Gasteiger partial charge is 0.504 e. The molecule has 5 rings (SSSR count). The van der Waals surface area contributed by atoms with Crippen LogP contribution in [-0.4, -0.2) is 44.8 Å². The number of pyridine rings is 3. The molecule has 5 aromatic rings. The Hall–Kier alpha value is -5.38. The van der Waals surface area contributed by atoms with Crippen LogP contribution in [0.4, 0.5) is 11.5 Å². The minimum atomic E-state index is -0.581. The van der Waals surface area contributed by atoms with Crippen molar-refractivity contribution in [2.75, 3.05) is 24.3 Å². The van der Waals surface area contributed by atoms with Gasteiger partial charge in [0.1, 0.15) is 22.9 Å². The number of phenolic OH excluding ortho intramolecular Hbond substituents is 2. The number of rotatable bonds is 7. The number of hydrogen-bond donors (Lipinski definition) is 3. The standard InChI is InChI=1S/C29H25N5O5/c1-33(2)22-11-13-34(17-18-6-4-3-5-7-18)29(38)27(22)28(37)32-26-9-8-19(16-31-26)39-25-10-12-30-21-15-24(36)23(35)14-20(21)25/h3-16,35-36H,17H2,1-2H3,(H,31,32,37). The predicted molar refractivity (Wildman–Crippen MR) is 148 cm³/mol. The van der Waals surface area contributed by atoms with Crippen molar-refractivity contribution in [1.82, 2.24) is 14.5 Å². The van der Waals surface area contributed by atoms with Gasteiger partial charge in [-0.05, 0) is 35.9 Å². The van der Waals surface area contributed by atoms with Crippen molar-refractivity contribution in [3.8, 4) is 23.0 Å². The van der Waals surface area contributed by atoms with E-state index in [9.17, 15) is 19.8 Å². The van der Waals surface area contributed by atoms with Crippen LogP contribution in [0, 0.1) is 0 Å². The minimum absolute atomic E-state index is 0.00636. The number of fused-ring (bicyclic) bond motifs is 1. The summed E-state index contributed by atoms with van der Waals surface area (Å²) in [6.45, 7) is 0.332. The molecule has 3 heterocycles. The van der Waals surface area contributed by atoms with Crippen molar-refractivity contribution in [2.24, 2.45) is 0 Å². The number of carbonyl (C=O) groups is 1. The molecule has 3 N–H and O–H groups in total. The number of amides is 1. The number of nitrogens with zero attached hydrogens (tertiary/aromatic N) is 4. The number of aromatic nitrogens is 3. The molecular weight excluding hydrogens is 498 g/mol. The summed E-state index contributed by atoms with van der Waals surface area (Å²) in [5, 5.41) is 22.8. The third kappa shape index (κ3) is 5.35. The summed E-state index contributed by atoms with van der Waals surface area (Å²) < 4.78 is 7.40. The Morgan fingerprint density at radius 2 is 1.77 bits per heavy atom. The molecule has 196 valence electrons. The van der Waals surface area contributed by atoms with Gasteiger partial charge < -0.3 is 29.7 Å². The molecule has 0 aliphatic carbocycles. The van der Waals surface area contributed by atoms with E-state index in [4.69, 9.17) is 4.74 Å². The van der Waals surface area contributed by atoms with Crippen molar-refractivity contribution in [3.05, 3.63) is 107 Å². The predicted octanol–water partition coefficient (Wildman–Crippen LogP) is 4.36. The third-order valence-electron chi connectivity index (χ3n) is 6.05. The summed E-state index contributed by atoms with van der Waals surface area (Å²) in [6.07, 6.45) is 4.62. The molecule has 39 heavy (non-hydrogen) atoms. The average Bonchev–Trinajstić information content (AvgIpc) is 2.92. The molecule has 0 atom stereocenters. The number of anilines is 2. The Balaban J connectivity index is 1.37. The lowest BCUT2D eigenvalue weighted by molar-refractivity contribution is 0.102. The molecule has 0 aliphatic rings. The van der Waals surface area contributed by atoms with Gasteiger partial charge in [0.2, 0.25) is 0 Å². The molecule has 10 heteroatoms. The van der Waals surface area contributed by atoms with Gasteiger partial charge in [0.05, 0.1) is 23.9 Å². The van der Waals surface area contributed by atoms with Gasteiger partial charge in [-0.3, -0.25) is 14.6 Å². The molecule has 3 aromatic heterocycles. The summed E-state index contributed by atoms with van der Waals surface area (Å²) >= 11 is 0. The van der Waals surface area contributed by atoms with Crippen LogP contribution in [0.5, 0.6) is 23.0 Å². The maximum absolute atomic E-state index is 13.3. The zero-order valence-electron chi connectivity index (χ0n) is 21.2. The molecule has 0 unspecified atom stereocenters. The topological polar surface area (TPSA) is 130 Å². The maximum Gasteiger partial charge on any atom is 0.265 e. The molecule has 0 bridgehead atoms. The normalized spacial score (nSPS) is 10.8. The monoisotopic (exact) mass is 523 g/mol. The first-order chi connectivity index (χ1) is 18.8. The zero-order valence-corrected chi connectivity index (χ0v) is 21.2. The van der Waals surface area contributed by atoms with Crippen LogP contribution in [-0.2, 0) is 6.54 Å². The lowest BCUT2D eigenvalue weighted by Crippen LogP contribution is -2.32. The summed E-state index contributed by atoms with van der Waals surface area (Å²) in [4.78, 5) is 36.8. The molecule has 10 nitrogen and oxygen atoms in total. The maximum atomic E-state index is 13.3. The van der Waals surface area contributed by atoms with E-state index in [2.05, 4.69) is 15.3 Å². The van der Waals surface area contributed by atoms with E-state index in [-0.39, 0.29) is 22.9 Å². The Morgan fingerprint density at radius 3 is 2.49 bits per heavy atom. The van der Waals surface area contributed by atoms with Crippen LogP contribution in [0.3, 0.4) is 0 Å². The highest BCUT2D eigenvalue weighted by molar-refractivity contribution is 6.07. The van der Waals surface area contributed by atoms with E-state index >= 15 is 0 Å². The summed E-state index contributed by atoms with van der Waals surface area (Å²) in [5.74, 6) is -0.159. The van der Waals surface area contributed by atoms with Gasteiger partial charge in [-0.1, -0.05) is 30.3 Å². The summed E-state index contributed by atoms with van der Waals surface area (Å²) in [7, 11) is 3.53. The Morgan fingerprint density at radius 1 is 1.00 bits per heavy atom. The molecule has 0 spiro atoms. The van der Waals surface area contributed by atoms with Crippen molar-refractivity contribution in [2.45, 2.75) is 6.54 Å². The fourth-order valence-electron chi connectivity index (χ4n) is 4.11. The SMILES string of the molecule is CN(C)c1ccn(Cc2ccccc2)c(=O)c1C(=O)Nc1ccc(Oc2ccnc3cc(O)c(O)cc23)cn1. The van der Waals surface area contributed by atoms with Crippen LogP contribution in [0.1, 0.15) is 15.9 Å². The van der Waals surface area contributed by atoms with Gasteiger partial charge >= 0.3 is 0 Å². The molecule has 0 aliphatic heterocycles. The summed E-state index contributed by atoms with van der Waals surface area (Å²) in [5.41, 5.74) is 1.46. The van der Waals surface area contributed by atoms with Crippen molar-refractivity contribution in [3.63, 3.8) is 0 Å². The second kappa shape index (κ2) is 10.5. The number of nitrogens with one attached hydrogen (secondary N) is 1. The van der Waals surface area contributed by atoms with Gasteiger partial charge in [0.25, 0.3) is 11.5 Å². The van der Waals surface area contributed by atoms with Gasteiger partial charge in [-0.2, -0.15) is 0 Å². The molecule has 0 fully saturated rings. The molecule has 0 saturated heterocycles. The molecular formula is C29H25N5O5. The highest BCUT2D eigenvalue weighted by Crippen LogP contribution is 2.35. The second-order valence-corrected chi connectivity index (χ2v) is 8.99. The zero-order chi connectivity index (χ0) is 27.5. The van der Waals surface area contributed by atoms with E-state index in [0.717, 1.165) is 5.56 Å². The number of benzene rings is 2. The highest BCUT2D eigenvalue weighted by Gasteiger charge is 2.20. The van der Waals surface area contributed by atoms with Crippen LogP contribution in [0.15, 0.2) is 90.1 Å². The van der Waals surface area contributed by atoms with Crippen LogP contribution in [0.2, 0.25) is 0 Å². The second-order valence-electron chi connectivity index (χ2n) is 8.99. The van der Waals surface area contributed by atoms with Crippen molar-refractivity contribution in [1.29, 1.82) is 0 Å². The average molecular weight is 524 g/mol. The van der Waals surface area contributed by atoms with E-state index in [1.54, 1.807) is 49.5 Å². The number of hydrogen-bond acceptors (Lipinski definition) is 8. The Bertz CT molecular complexity index is 1720. The molecule has 0 saturated carbocycles. The fraction of sp³-hybridized carbons (Fsp3) is 0.103. The lowest BCUT2D eigenvalue weighted by atomic mass is 10.1. The van der Waals surface area contributed by atoms with E-state index < -0.39 is 11.5 Å². The minimum Gasteiger partial charge on any atom is -0.504 e. The Labute approximate surface area is 223 Å².